The van der Waals surface area contributed by atoms with Gasteiger partial charge in [-0.05, 0) is 25.0 Å². The molecule has 0 saturated heterocycles. The quantitative estimate of drug-likeness (QED) is 0.634. The Kier molecular flexibility index (Phi) is 6.74. The molecule has 0 saturated carbocycles. The van der Waals surface area contributed by atoms with E-state index in [-0.39, 0.29) is 13.2 Å². The van der Waals surface area contributed by atoms with Crippen molar-refractivity contribution in [2.45, 2.75) is 38.8 Å². The average Bonchev–Trinajstić information content (AvgIpc) is 2.77. The number of nitrogens with zero attached hydrogens (tertiary/aromatic N) is 1. The van der Waals surface area contributed by atoms with E-state index in [4.69, 9.17) is 14.3 Å². The molecule has 0 bridgehead atoms. The summed E-state index contributed by atoms with van der Waals surface area (Å²) < 4.78 is 10.5. The number of amides is 1. The molecule has 7 heteroatoms. The van der Waals surface area contributed by atoms with E-state index in [0.717, 1.165) is 10.6 Å². The first-order valence-electron chi connectivity index (χ1n) is 9.90. The summed E-state index contributed by atoms with van der Waals surface area (Å²) in [5, 5.41) is 1.02. The Hall–Kier alpha value is -3.61. The minimum absolute atomic E-state index is 0.0841. The SMILES string of the molecule is CC(=O)OCC1=CON(C(C)(C)C(=O)OCc2ccccc2)C(=O)C1c1ccccc1. The molecule has 1 amide bonds. The van der Waals surface area contributed by atoms with Crippen LogP contribution in [-0.4, -0.2) is 35.1 Å². The largest absolute Gasteiger partial charge is 0.461 e. The highest BCUT2D eigenvalue weighted by atomic mass is 16.7. The minimum Gasteiger partial charge on any atom is -0.461 e. The zero-order chi connectivity index (χ0) is 22.4. The lowest BCUT2D eigenvalue weighted by molar-refractivity contribution is -0.210. The van der Waals surface area contributed by atoms with Crippen LogP contribution in [0, 0.1) is 0 Å². The van der Waals surface area contributed by atoms with Crippen LogP contribution in [0.1, 0.15) is 37.8 Å². The van der Waals surface area contributed by atoms with Crippen molar-refractivity contribution < 1.29 is 28.7 Å². The summed E-state index contributed by atoms with van der Waals surface area (Å²) in [5.74, 6) is -2.27. The maximum atomic E-state index is 13.4. The van der Waals surface area contributed by atoms with Crippen molar-refractivity contribution in [1.29, 1.82) is 0 Å². The maximum Gasteiger partial charge on any atom is 0.335 e. The number of carbonyl (C=O) groups excluding carboxylic acids is 3. The van der Waals surface area contributed by atoms with E-state index < -0.39 is 29.3 Å². The third kappa shape index (κ3) is 5.12. The Morgan fingerprint density at radius 1 is 0.968 bits per heavy atom. The van der Waals surface area contributed by atoms with Crippen molar-refractivity contribution in [3.8, 4) is 0 Å². The van der Waals surface area contributed by atoms with Gasteiger partial charge in [0.1, 0.15) is 19.5 Å². The lowest BCUT2D eigenvalue weighted by Crippen LogP contribution is -2.55. The fourth-order valence-corrected chi connectivity index (χ4v) is 3.21. The van der Waals surface area contributed by atoms with Crippen molar-refractivity contribution >= 4 is 17.8 Å². The molecule has 0 aromatic heterocycles. The van der Waals surface area contributed by atoms with E-state index in [0.29, 0.717) is 11.1 Å². The number of hydroxylamine groups is 2. The number of carbonyl (C=O) groups is 3. The lowest BCUT2D eigenvalue weighted by atomic mass is 9.89. The van der Waals surface area contributed by atoms with Gasteiger partial charge >= 0.3 is 11.9 Å². The molecule has 1 atom stereocenters. The van der Waals surface area contributed by atoms with Gasteiger partial charge in [0.2, 0.25) is 0 Å². The first-order chi connectivity index (χ1) is 14.8. The zero-order valence-corrected chi connectivity index (χ0v) is 17.7. The van der Waals surface area contributed by atoms with E-state index >= 15 is 0 Å². The van der Waals surface area contributed by atoms with E-state index in [1.165, 1.54) is 13.2 Å². The highest BCUT2D eigenvalue weighted by Gasteiger charge is 2.47. The lowest BCUT2D eigenvalue weighted by Gasteiger charge is -2.39. The van der Waals surface area contributed by atoms with Gasteiger partial charge in [0.05, 0.1) is 5.92 Å². The molecular weight excluding hydrogens is 398 g/mol. The van der Waals surface area contributed by atoms with Crippen LogP contribution >= 0.6 is 0 Å². The van der Waals surface area contributed by atoms with Crippen molar-refractivity contribution in [3.63, 3.8) is 0 Å². The van der Waals surface area contributed by atoms with Crippen molar-refractivity contribution in [1.82, 2.24) is 5.06 Å². The first kappa shape index (κ1) is 22.1. The van der Waals surface area contributed by atoms with Crippen LogP contribution in [-0.2, 0) is 35.3 Å². The summed E-state index contributed by atoms with van der Waals surface area (Å²) in [6.45, 7) is 4.41. The Balaban J connectivity index is 1.82. The number of rotatable bonds is 7. The van der Waals surface area contributed by atoms with Gasteiger partial charge in [0, 0.05) is 12.5 Å². The molecule has 3 rings (SSSR count). The molecule has 7 nitrogen and oxygen atoms in total. The Morgan fingerprint density at radius 2 is 1.58 bits per heavy atom. The summed E-state index contributed by atoms with van der Waals surface area (Å²) >= 11 is 0. The van der Waals surface area contributed by atoms with Crippen molar-refractivity contribution in [2.24, 2.45) is 0 Å². The van der Waals surface area contributed by atoms with Crippen LogP contribution in [0.3, 0.4) is 0 Å². The van der Waals surface area contributed by atoms with E-state index in [1.54, 1.807) is 26.0 Å². The highest BCUT2D eigenvalue weighted by Crippen LogP contribution is 2.34. The second-order valence-electron chi connectivity index (χ2n) is 7.68. The second kappa shape index (κ2) is 9.47. The average molecular weight is 423 g/mol. The Labute approximate surface area is 181 Å². The van der Waals surface area contributed by atoms with Crippen LogP contribution in [0.25, 0.3) is 0 Å². The van der Waals surface area contributed by atoms with Crippen LogP contribution < -0.4 is 0 Å². The molecule has 1 unspecified atom stereocenters. The van der Waals surface area contributed by atoms with E-state index in [1.807, 2.05) is 48.5 Å². The topological polar surface area (TPSA) is 82.1 Å². The molecule has 0 N–H and O–H groups in total. The normalized spacial score (nSPS) is 16.2. The second-order valence-corrected chi connectivity index (χ2v) is 7.68. The molecule has 31 heavy (non-hydrogen) atoms. The molecule has 0 spiro atoms. The van der Waals surface area contributed by atoms with Gasteiger partial charge in [-0.15, -0.1) is 0 Å². The van der Waals surface area contributed by atoms with Gasteiger partial charge in [0.15, 0.2) is 5.54 Å². The minimum atomic E-state index is -1.39. The molecule has 0 aliphatic carbocycles. The number of benzene rings is 2. The maximum absolute atomic E-state index is 13.4. The number of hydrogen-bond donors (Lipinski definition) is 0. The summed E-state index contributed by atoms with van der Waals surface area (Å²) in [6.07, 6.45) is 1.36. The number of esters is 2. The molecular formula is C24H25NO6. The molecule has 1 heterocycles. The predicted octanol–water partition coefficient (Wildman–Crippen LogP) is 3.51. The third-order valence-electron chi connectivity index (χ3n) is 4.92. The fraction of sp³-hybridized carbons (Fsp3) is 0.292. The zero-order valence-electron chi connectivity index (χ0n) is 17.7. The van der Waals surface area contributed by atoms with Crippen LogP contribution in [0.2, 0.25) is 0 Å². The molecule has 1 aliphatic heterocycles. The van der Waals surface area contributed by atoms with Gasteiger partial charge in [-0.1, -0.05) is 60.7 Å². The molecule has 162 valence electrons. The molecule has 0 fully saturated rings. The van der Waals surface area contributed by atoms with Gasteiger partial charge in [0.25, 0.3) is 5.91 Å². The summed E-state index contributed by atoms with van der Waals surface area (Å²) in [6, 6.07) is 18.3. The van der Waals surface area contributed by atoms with Gasteiger partial charge in [-0.25, -0.2) is 4.79 Å². The Morgan fingerprint density at radius 3 is 2.19 bits per heavy atom. The summed E-state index contributed by atoms with van der Waals surface area (Å²) in [7, 11) is 0. The predicted molar refractivity (Wildman–Crippen MR) is 112 cm³/mol. The van der Waals surface area contributed by atoms with Gasteiger partial charge in [-0.3, -0.25) is 9.59 Å². The summed E-state index contributed by atoms with van der Waals surface area (Å²) in [5.41, 5.74) is 0.634. The highest BCUT2D eigenvalue weighted by molar-refractivity contribution is 5.92. The number of hydrogen-bond acceptors (Lipinski definition) is 6. The Bertz CT molecular complexity index is 968. The van der Waals surface area contributed by atoms with Crippen LogP contribution in [0.4, 0.5) is 0 Å². The fourth-order valence-electron chi connectivity index (χ4n) is 3.21. The molecule has 2 aromatic carbocycles. The third-order valence-corrected chi connectivity index (χ3v) is 4.92. The van der Waals surface area contributed by atoms with Gasteiger partial charge < -0.3 is 14.3 Å². The standard InChI is InChI=1S/C24H25NO6/c1-17(26)29-15-20-16-31-25(22(27)21(20)19-12-8-5-9-13-19)24(2,3)23(28)30-14-18-10-6-4-7-11-18/h4-13,16,21H,14-15H2,1-3H3. The molecule has 0 radical (unpaired) electrons. The van der Waals surface area contributed by atoms with Crippen LogP contribution in [0.5, 0.6) is 0 Å². The molecule has 1 aliphatic rings. The van der Waals surface area contributed by atoms with E-state index in [9.17, 15) is 14.4 Å². The van der Waals surface area contributed by atoms with Gasteiger partial charge in [-0.2, -0.15) is 5.06 Å². The smallest absolute Gasteiger partial charge is 0.335 e. The summed E-state index contributed by atoms with van der Waals surface area (Å²) in [4.78, 5) is 43.1. The number of ether oxygens (including phenoxy) is 2. The molecule has 2 aromatic rings. The van der Waals surface area contributed by atoms with Crippen molar-refractivity contribution in [2.75, 3.05) is 6.61 Å². The monoisotopic (exact) mass is 423 g/mol. The van der Waals surface area contributed by atoms with Crippen LogP contribution in [0.15, 0.2) is 72.5 Å². The van der Waals surface area contributed by atoms with Crippen molar-refractivity contribution in [3.05, 3.63) is 83.6 Å². The van der Waals surface area contributed by atoms with E-state index in [2.05, 4.69) is 0 Å². The first-order valence-corrected chi connectivity index (χ1v) is 9.90.